The second kappa shape index (κ2) is 8.96. The average Bonchev–Trinajstić information content (AvgIpc) is 2.65. The van der Waals surface area contributed by atoms with Gasteiger partial charge in [0, 0.05) is 36.3 Å². The molecular weight excluding hydrogens is 352 g/mol. The lowest BCUT2D eigenvalue weighted by molar-refractivity contribution is -0.121. The van der Waals surface area contributed by atoms with Gasteiger partial charge in [-0.15, -0.1) is 0 Å². The van der Waals surface area contributed by atoms with Gasteiger partial charge in [-0.25, -0.2) is 9.97 Å². The number of nitrogens with zero attached hydrogens (tertiary/aromatic N) is 3. The van der Waals surface area contributed by atoms with Crippen molar-refractivity contribution in [3.63, 3.8) is 0 Å². The fourth-order valence-electron chi connectivity index (χ4n) is 2.86. The van der Waals surface area contributed by atoms with E-state index in [2.05, 4.69) is 20.2 Å². The Morgan fingerprint density at radius 3 is 2.85 bits per heavy atom. The second-order valence-electron chi connectivity index (χ2n) is 6.29. The topological polar surface area (TPSA) is 67.3 Å². The molecule has 7 heteroatoms. The first-order chi connectivity index (χ1) is 12.6. The Balaban J connectivity index is 1.53. The fraction of sp³-hybridized carbons (Fsp3) is 0.421. The van der Waals surface area contributed by atoms with Gasteiger partial charge in [-0.3, -0.25) is 4.79 Å². The molecule has 1 aromatic heterocycles. The van der Waals surface area contributed by atoms with Crippen molar-refractivity contribution in [2.45, 2.75) is 26.3 Å². The number of benzene rings is 1. The number of hydrogen-bond acceptors (Lipinski definition) is 5. The number of halogens is 1. The van der Waals surface area contributed by atoms with Crippen LogP contribution in [0.15, 0.2) is 30.3 Å². The molecule has 1 aliphatic rings. The van der Waals surface area contributed by atoms with Crippen molar-refractivity contribution in [1.82, 2.24) is 15.3 Å². The largest absolute Gasteiger partial charge is 0.378 e. The number of rotatable bonds is 6. The molecule has 26 heavy (non-hydrogen) atoms. The number of morpholine rings is 1. The van der Waals surface area contributed by atoms with Gasteiger partial charge >= 0.3 is 0 Å². The van der Waals surface area contributed by atoms with Crippen molar-refractivity contribution in [2.24, 2.45) is 0 Å². The Hall–Kier alpha value is -2.18. The Kier molecular flexibility index (Phi) is 6.41. The molecule has 1 aliphatic heterocycles. The standard InChI is InChI=1S/C19H23ClN4O2/c1-14-11-18(24-7-9-26-10-8-24)23-17(22-14)13-21-19(25)6-5-15-3-2-4-16(20)12-15/h2-4,11-12H,5-10,13H2,1H3,(H,21,25). The van der Waals surface area contributed by atoms with E-state index in [9.17, 15) is 4.79 Å². The summed E-state index contributed by atoms with van der Waals surface area (Å²) in [6, 6.07) is 9.54. The molecule has 2 aromatic rings. The number of aromatic nitrogens is 2. The van der Waals surface area contributed by atoms with Gasteiger partial charge in [0.25, 0.3) is 0 Å². The van der Waals surface area contributed by atoms with E-state index < -0.39 is 0 Å². The van der Waals surface area contributed by atoms with Gasteiger partial charge in [0.15, 0.2) is 0 Å². The van der Waals surface area contributed by atoms with Crippen LogP contribution in [0.1, 0.15) is 23.5 Å². The summed E-state index contributed by atoms with van der Waals surface area (Å²) >= 11 is 5.97. The smallest absolute Gasteiger partial charge is 0.220 e. The number of carbonyl (C=O) groups excluding carboxylic acids is 1. The zero-order valence-electron chi connectivity index (χ0n) is 14.9. The van der Waals surface area contributed by atoms with E-state index in [0.717, 1.165) is 30.2 Å². The zero-order chi connectivity index (χ0) is 18.4. The zero-order valence-corrected chi connectivity index (χ0v) is 15.6. The molecule has 0 aliphatic carbocycles. The fourth-order valence-corrected chi connectivity index (χ4v) is 3.07. The average molecular weight is 375 g/mol. The van der Waals surface area contributed by atoms with Crippen LogP contribution < -0.4 is 10.2 Å². The molecule has 0 saturated carbocycles. The van der Waals surface area contributed by atoms with Crippen molar-refractivity contribution < 1.29 is 9.53 Å². The number of nitrogens with one attached hydrogen (secondary N) is 1. The maximum atomic E-state index is 12.1. The summed E-state index contributed by atoms with van der Waals surface area (Å²) in [6.07, 6.45) is 1.06. The quantitative estimate of drug-likeness (QED) is 0.841. The lowest BCUT2D eigenvalue weighted by Gasteiger charge is -2.28. The highest BCUT2D eigenvalue weighted by atomic mass is 35.5. The molecule has 1 saturated heterocycles. The molecule has 6 nitrogen and oxygen atoms in total. The minimum absolute atomic E-state index is 0.0250. The van der Waals surface area contributed by atoms with Crippen LogP contribution in [-0.4, -0.2) is 42.2 Å². The summed E-state index contributed by atoms with van der Waals surface area (Å²) in [6.45, 7) is 5.32. The van der Waals surface area contributed by atoms with E-state index in [1.165, 1.54) is 0 Å². The van der Waals surface area contributed by atoms with Crippen LogP contribution in [0.5, 0.6) is 0 Å². The van der Waals surface area contributed by atoms with Crippen LogP contribution >= 0.6 is 11.6 Å². The third kappa shape index (κ3) is 5.41. The van der Waals surface area contributed by atoms with Gasteiger partial charge in [0.1, 0.15) is 11.6 Å². The molecule has 0 atom stereocenters. The third-order valence-electron chi connectivity index (χ3n) is 4.20. The van der Waals surface area contributed by atoms with Crippen molar-refractivity contribution in [2.75, 3.05) is 31.2 Å². The first-order valence-corrected chi connectivity index (χ1v) is 9.16. The summed E-state index contributed by atoms with van der Waals surface area (Å²) in [4.78, 5) is 23.3. The Bertz CT molecular complexity index is 763. The Labute approximate surface area is 158 Å². The number of hydrogen-bond donors (Lipinski definition) is 1. The number of amides is 1. The summed E-state index contributed by atoms with van der Waals surface area (Å²) in [5.41, 5.74) is 1.94. The normalized spacial score (nSPS) is 14.3. The van der Waals surface area contributed by atoms with E-state index in [1.54, 1.807) is 0 Å². The summed E-state index contributed by atoms with van der Waals surface area (Å²) in [7, 11) is 0. The second-order valence-corrected chi connectivity index (χ2v) is 6.73. The van der Waals surface area contributed by atoms with Crippen LogP contribution in [0.2, 0.25) is 5.02 Å². The summed E-state index contributed by atoms with van der Waals surface area (Å²) in [5.74, 6) is 1.49. The van der Waals surface area contributed by atoms with Gasteiger partial charge < -0.3 is 15.0 Å². The number of carbonyl (C=O) groups is 1. The predicted octanol–water partition coefficient (Wildman–Crippen LogP) is 2.52. The van der Waals surface area contributed by atoms with Crippen LogP contribution in [0.25, 0.3) is 0 Å². The van der Waals surface area contributed by atoms with Crippen LogP contribution in [0, 0.1) is 6.92 Å². The minimum atomic E-state index is -0.0250. The molecule has 0 spiro atoms. The van der Waals surface area contributed by atoms with E-state index in [1.807, 2.05) is 37.3 Å². The van der Waals surface area contributed by atoms with Gasteiger partial charge in [0.2, 0.25) is 5.91 Å². The third-order valence-corrected chi connectivity index (χ3v) is 4.43. The van der Waals surface area contributed by atoms with E-state index in [-0.39, 0.29) is 5.91 Å². The molecule has 1 amide bonds. The summed E-state index contributed by atoms with van der Waals surface area (Å²) in [5, 5.41) is 3.59. The molecule has 0 unspecified atom stereocenters. The highest BCUT2D eigenvalue weighted by Crippen LogP contribution is 2.14. The minimum Gasteiger partial charge on any atom is -0.378 e. The van der Waals surface area contributed by atoms with E-state index >= 15 is 0 Å². The van der Waals surface area contributed by atoms with Gasteiger partial charge in [-0.05, 0) is 31.0 Å². The first kappa shape index (κ1) is 18.6. The van der Waals surface area contributed by atoms with Crippen molar-refractivity contribution in [3.05, 3.63) is 52.4 Å². The lowest BCUT2D eigenvalue weighted by Crippen LogP contribution is -2.37. The maximum Gasteiger partial charge on any atom is 0.220 e. The van der Waals surface area contributed by atoms with Gasteiger partial charge in [-0.1, -0.05) is 23.7 Å². The van der Waals surface area contributed by atoms with Gasteiger partial charge in [0.05, 0.1) is 19.8 Å². The van der Waals surface area contributed by atoms with Crippen molar-refractivity contribution in [3.8, 4) is 0 Å². The first-order valence-electron chi connectivity index (χ1n) is 8.78. The molecular formula is C19H23ClN4O2. The Morgan fingerprint density at radius 2 is 2.08 bits per heavy atom. The maximum absolute atomic E-state index is 12.1. The number of anilines is 1. The van der Waals surface area contributed by atoms with E-state index in [4.69, 9.17) is 16.3 Å². The molecule has 2 heterocycles. The molecule has 1 aromatic carbocycles. The van der Waals surface area contributed by atoms with Crippen molar-refractivity contribution in [1.29, 1.82) is 0 Å². The molecule has 1 fully saturated rings. The van der Waals surface area contributed by atoms with Crippen LogP contribution in [0.3, 0.4) is 0 Å². The number of aryl methyl sites for hydroxylation is 2. The SMILES string of the molecule is Cc1cc(N2CCOCC2)nc(CNC(=O)CCc2cccc(Cl)c2)n1. The molecule has 1 N–H and O–H groups in total. The molecule has 138 valence electrons. The Morgan fingerprint density at radius 1 is 1.27 bits per heavy atom. The molecule has 3 rings (SSSR count). The highest BCUT2D eigenvalue weighted by molar-refractivity contribution is 6.30. The summed E-state index contributed by atoms with van der Waals surface area (Å²) < 4.78 is 5.38. The monoisotopic (exact) mass is 374 g/mol. The predicted molar refractivity (Wildman–Crippen MR) is 101 cm³/mol. The highest BCUT2D eigenvalue weighted by Gasteiger charge is 2.14. The van der Waals surface area contributed by atoms with Gasteiger partial charge in [-0.2, -0.15) is 0 Å². The molecule has 0 bridgehead atoms. The lowest BCUT2D eigenvalue weighted by atomic mass is 10.1. The van der Waals surface area contributed by atoms with Crippen LogP contribution in [-0.2, 0) is 22.5 Å². The van der Waals surface area contributed by atoms with Crippen molar-refractivity contribution >= 4 is 23.3 Å². The number of ether oxygens (including phenoxy) is 1. The van der Waals surface area contributed by atoms with Crippen LogP contribution in [0.4, 0.5) is 5.82 Å². The molecule has 0 radical (unpaired) electrons. The van der Waals surface area contributed by atoms with E-state index in [0.29, 0.717) is 43.4 Å².